The first-order valence-corrected chi connectivity index (χ1v) is 8.45. The number of fused-ring (bicyclic) bond motifs is 1. The minimum atomic E-state index is -0.229. The molecule has 3 rings (SSSR count). The molecular weight excluding hydrogens is 302 g/mol. The van der Waals surface area contributed by atoms with Gasteiger partial charge in [0, 0.05) is 19.0 Å². The first-order chi connectivity index (χ1) is 11.1. The fourth-order valence-electron chi connectivity index (χ4n) is 2.50. The normalized spacial score (nSPS) is 12.1. The Labute approximate surface area is 141 Å². The zero-order valence-corrected chi connectivity index (χ0v) is 14.1. The van der Waals surface area contributed by atoms with Gasteiger partial charge in [-0.1, -0.05) is 60.7 Å². The lowest BCUT2D eigenvalue weighted by molar-refractivity contribution is -0.128. The molecule has 1 unspecified atom stereocenters. The van der Waals surface area contributed by atoms with Gasteiger partial charge in [0.05, 0.1) is 0 Å². The molecule has 0 bridgehead atoms. The van der Waals surface area contributed by atoms with Gasteiger partial charge in [-0.3, -0.25) is 4.79 Å². The summed E-state index contributed by atoms with van der Waals surface area (Å²) in [5, 5.41) is 2.18. The van der Waals surface area contributed by atoms with Gasteiger partial charge in [0.25, 0.3) is 0 Å². The van der Waals surface area contributed by atoms with Crippen LogP contribution < -0.4 is 0 Å². The Balaban J connectivity index is 1.95. The van der Waals surface area contributed by atoms with Crippen molar-refractivity contribution in [2.75, 3.05) is 14.1 Å². The second kappa shape index (κ2) is 6.88. The Bertz CT molecular complexity index is 814. The maximum Gasteiger partial charge on any atom is 0.240 e. The van der Waals surface area contributed by atoms with Crippen molar-refractivity contribution in [3.8, 4) is 0 Å². The molecule has 3 heteroatoms. The number of hydrogen-bond donors (Lipinski definition) is 0. The van der Waals surface area contributed by atoms with Crippen molar-refractivity contribution in [2.24, 2.45) is 0 Å². The summed E-state index contributed by atoms with van der Waals surface area (Å²) in [6, 6.07) is 24.6. The number of carbonyl (C=O) groups is 1. The zero-order valence-electron chi connectivity index (χ0n) is 13.3. The van der Waals surface area contributed by atoms with E-state index < -0.39 is 0 Å². The van der Waals surface area contributed by atoms with Gasteiger partial charge in [-0.05, 0) is 28.5 Å². The van der Waals surface area contributed by atoms with Crippen LogP contribution in [-0.2, 0) is 4.79 Å². The van der Waals surface area contributed by atoms with Gasteiger partial charge in [-0.25, -0.2) is 0 Å². The van der Waals surface area contributed by atoms with Gasteiger partial charge in [0.2, 0.25) is 5.91 Å². The fraction of sp³-hybridized carbons (Fsp3) is 0.150. The van der Waals surface area contributed by atoms with E-state index in [4.69, 9.17) is 0 Å². The van der Waals surface area contributed by atoms with Crippen LogP contribution >= 0.6 is 11.8 Å². The number of benzene rings is 3. The molecule has 0 aliphatic carbocycles. The predicted octanol–water partition coefficient (Wildman–Crippen LogP) is 4.76. The Morgan fingerprint density at radius 1 is 0.870 bits per heavy atom. The molecule has 1 amide bonds. The summed E-state index contributed by atoms with van der Waals surface area (Å²) in [6.45, 7) is 0. The summed E-state index contributed by atoms with van der Waals surface area (Å²) in [6.07, 6.45) is 0. The van der Waals surface area contributed by atoms with Crippen LogP contribution in [0.2, 0.25) is 0 Å². The third-order valence-corrected chi connectivity index (χ3v) is 4.98. The molecule has 0 saturated heterocycles. The zero-order chi connectivity index (χ0) is 16.2. The number of carbonyl (C=O) groups excluding carboxylic acids is 1. The van der Waals surface area contributed by atoms with E-state index in [2.05, 4.69) is 30.3 Å². The predicted molar refractivity (Wildman–Crippen MR) is 97.7 cm³/mol. The van der Waals surface area contributed by atoms with E-state index in [0.29, 0.717) is 0 Å². The van der Waals surface area contributed by atoms with Crippen LogP contribution in [0.25, 0.3) is 10.8 Å². The molecule has 0 heterocycles. The third kappa shape index (κ3) is 3.57. The molecule has 0 spiro atoms. The van der Waals surface area contributed by atoms with Gasteiger partial charge in [-0.15, -0.1) is 11.8 Å². The van der Waals surface area contributed by atoms with Crippen molar-refractivity contribution in [3.63, 3.8) is 0 Å². The lowest BCUT2D eigenvalue weighted by atomic mass is 10.1. The Morgan fingerprint density at radius 3 is 2.22 bits per heavy atom. The number of rotatable bonds is 4. The molecule has 116 valence electrons. The van der Waals surface area contributed by atoms with Crippen LogP contribution in [0, 0.1) is 0 Å². The number of hydrogen-bond acceptors (Lipinski definition) is 2. The molecule has 2 nitrogen and oxygen atoms in total. The SMILES string of the molecule is CN(C)C(=O)C(Sc1ccc2ccccc2c1)c1ccccc1. The Kier molecular flexibility index (Phi) is 4.68. The standard InChI is InChI=1S/C20H19NOS/c1-21(2)20(22)19(16-9-4-3-5-10-16)23-18-13-12-15-8-6-7-11-17(15)14-18/h3-14,19H,1-2H3. The van der Waals surface area contributed by atoms with Gasteiger partial charge in [-0.2, -0.15) is 0 Å². The van der Waals surface area contributed by atoms with Crippen LogP contribution in [-0.4, -0.2) is 24.9 Å². The minimum Gasteiger partial charge on any atom is -0.348 e. The van der Waals surface area contributed by atoms with Crippen molar-refractivity contribution in [1.29, 1.82) is 0 Å². The van der Waals surface area contributed by atoms with Crippen molar-refractivity contribution in [3.05, 3.63) is 78.4 Å². The lowest BCUT2D eigenvalue weighted by Gasteiger charge is -2.20. The quantitative estimate of drug-likeness (QED) is 0.646. The highest BCUT2D eigenvalue weighted by atomic mass is 32.2. The van der Waals surface area contributed by atoms with Crippen molar-refractivity contribution in [1.82, 2.24) is 4.90 Å². The Morgan fingerprint density at radius 2 is 1.52 bits per heavy atom. The van der Waals surface area contributed by atoms with E-state index in [1.54, 1.807) is 30.8 Å². The van der Waals surface area contributed by atoms with Crippen LogP contribution in [0.5, 0.6) is 0 Å². The van der Waals surface area contributed by atoms with E-state index >= 15 is 0 Å². The second-order valence-electron chi connectivity index (χ2n) is 5.65. The minimum absolute atomic E-state index is 0.106. The first kappa shape index (κ1) is 15.6. The topological polar surface area (TPSA) is 20.3 Å². The van der Waals surface area contributed by atoms with E-state index in [1.807, 2.05) is 42.5 Å². The summed E-state index contributed by atoms with van der Waals surface area (Å²) >= 11 is 1.60. The van der Waals surface area contributed by atoms with Gasteiger partial charge < -0.3 is 4.90 Å². The number of nitrogens with zero attached hydrogens (tertiary/aromatic N) is 1. The van der Waals surface area contributed by atoms with Crippen molar-refractivity contribution < 1.29 is 4.79 Å². The highest BCUT2D eigenvalue weighted by Gasteiger charge is 2.23. The number of thioether (sulfide) groups is 1. The maximum atomic E-state index is 12.6. The summed E-state index contributed by atoms with van der Waals surface area (Å²) in [7, 11) is 3.61. The molecule has 3 aromatic carbocycles. The summed E-state index contributed by atoms with van der Waals surface area (Å²) in [5.74, 6) is 0.106. The fourth-order valence-corrected chi connectivity index (χ4v) is 3.72. The van der Waals surface area contributed by atoms with Gasteiger partial charge in [0.15, 0.2) is 0 Å². The molecule has 23 heavy (non-hydrogen) atoms. The van der Waals surface area contributed by atoms with Gasteiger partial charge >= 0.3 is 0 Å². The smallest absolute Gasteiger partial charge is 0.240 e. The van der Waals surface area contributed by atoms with E-state index in [9.17, 15) is 4.79 Å². The maximum absolute atomic E-state index is 12.6. The molecule has 3 aromatic rings. The molecule has 0 aromatic heterocycles. The second-order valence-corrected chi connectivity index (χ2v) is 6.83. The number of amides is 1. The molecule has 0 saturated carbocycles. The van der Waals surface area contributed by atoms with Crippen LogP contribution in [0.1, 0.15) is 10.8 Å². The van der Waals surface area contributed by atoms with Crippen LogP contribution in [0.15, 0.2) is 77.7 Å². The van der Waals surface area contributed by atoms with E-state index in [-0.39, 0.29) is 11.2 Å². The summed E-state index contributed by atoms with van der Waals surface area (Å²) in [4.78, 5) is 15.4. The van der Waals surface area contributed by atoms with Gasteiger partial charge in [0.1, 0.15) is 5.25 Å². The summed E-state index contributed by atoms with van der Waals surface area (Å²) < 4.78 is 0. The molecule has 0 aliphatic heterocycles. The average molecular weight is 321 g/mol. The first-order valence-electron chi connectivity index (χ1n) is 7.57. The molecule has 0 aliphatic rings. The summed E-state index contributed by atoms with van der Waals surface area (Å²) in [5.41, 5.74) is 1.03. The molecule has 0 fully saturated rings. The van der Waals surface area contributed by atoms with E-state index in [1.165, 1.54) is 10.8 Å². The largest absolute Gasteiger partial charge is 0.348 e. The average Bonchev–Trinajstić information content (AvgIpc) is 2.59. The molecule has 1 atom stereocenters. The van der Waals surface area contributed by atoms with Crippen molar-refractivity contribution in [2.45, 2.75) is 10.1 Å². The Hall–Kier alpha value is -2.26. The highest BCUT2D eigenvalue weighted by Crippen LogP contribution is 2.37. The third-order valence-electron chi connectivity index (χ3n) is 3.74. The number of likely N-dealkylation sites (N-methyl/N-ethyl adjacent to an activating group) is 1. The van der Waals surface area contributed by atoms with Crippen LogP contribution in [0.3, 0.4) is 0 Å². The monoisotopic (exact) mass is 321 g/mol. The lowest BCUT2D eigenvalue weighted by Crippen LogP contribution is -2.26. The van der Waals surface area contributed by atoms with Crippen molar-refractivity contribution >= 4 is 28.4 Å². The van der Waals surface area contributed by atoms with Crippen LogP contribution in [0.4, 0.5) is 0 Å². The molecule has 0 radical (unpaired) electrons. The highest BCUT2D eigenvalue weighted by molar-refractivity contribution is 8.00. The van der Waals surface area contributed by atoms with E-state index in [0.717, 1.165) is 10.5 Å². The molecule has 0 N–H and O–H groups in total. The molecular formula is C20H19NOS.